The first-order valence-corrected chi connectivity index (χ1v) is 9.42. The summed E-state index contributed by atoms with van der Waals surface area (Å²) in [6.45, 7) is 6.80. The minimum atomic E-state index is -0.503. The number of nitrogens with one attached hydrogen (secondary N) is 3. The van der Waals surface area contributed by atoms with Crippen LogP contribution in [0.25, 0.3) is 10.9 Å². The maximum absolute atomic E-state index is 12.2. The van der Waals surface area contributed by atoms with Gasteiger partial charge in [-0.05, 0) is 35.2 Å². The topological polar surface area (TPSA) is 104 Å². The van der Waals surface area contributed by atoms with Gasteiger partial charge in [-0.2, -0.15) is 0 Å². The van der Waals surface area contributed by atoms with Crippen LogP contribution in [0.5, 0.6) is 0 Å². The summed E-state index contributed by atoms with van der Waals surface area (Å²) >= 11 is 0. The maximum Gasteiger partial charge on any atom is 0.287 e. The number of nitrogens with zero attached hydrogens (tertiary/aromatic N) is 1. The average Bonchev–Trinajstić information content (AvgIpc) is 2.70. The van der Waals surface area contributed by atoms with Crippen molar-refractivity contribution in [2.75, 3.05) is 13.1 Å². The van der Waals surface area contributed by atoms with Crippen molar-refractivity contribution in [2.45, 2.75) is 26.2 Å². The molecule has 0 bridgehead atoms. The van der Waals surface area contributed by atoms with Crippen LogP contribution in [0.4, 0.5) is 0 Å². The first kappa shape index (κ1) is 20.3. The van der Waals surface area contributed by atoms with Gasteiger partial charge in [0.2, 0.25) is 0 Å². The molecule has 0 aliphatic carbocycles. The van der Waals surface area contributed by atoms with E-state index in [0.29, 0.717) is 16.5 Å². The number of hydrogen-bond donors (Lipinski definition) is 3. The number of rotatable bonds is 5. The molecule has 1 heterocycles. The van der Waals surface area contributed by atoms with E-state index >= 15 is 0 Å². The lowest BCUT2D eigenvalue weighted by Gasteiger charge is -2.19. The summed E-state index contributed by atoms with van der Waals surface area (Å²) in [7, 11) is 0. The number of benzene rings is 2. The first-order valence-electron chi connectivity index (χ1n) is 9.42. The van der Waals surface area contributed by atoms with E-state index in [-0.39, 0.29) is 35.8 Å². The normalized spacial score (nSPS) is 11.3. The fourth-order valence-corrected chi connectivity index (χ4v) is 2.85. The molecule has 7 heteroatoms. The maximum atomic E-state index is 12.2. The number of carbonyl (C=O) groups excluding carboxylic acids is 2. The third kappa shape index (κ3) is 4.87. The standard InChI is InChI=1S/C22H24N4O3/c1-22(2,3)15-10-8-14(9-11-15)19(27)23-12-13-24-21(29)18-25-17-7-5-4-6-16(17)20(28)26-18/h4-11H,12-13H2,1-3H3,(H,23,27)(H,24,29)(H,25,26,28). The number of carbonyl (C=O) groups is 2. The van der Waals surface area contributed by atoms with Crippen molar-refractivity contribution in [1.29, 1.82) is 0 Å². The van der Waals surface area contributed by atoms with Crippen LogP contribution < -0.4 is 16.2 Å². The Hall–Kier alpha value is -3.48. The van der Waals surface area contributed by atoms with E-state index in [9.17, 15) is 14.4 Å². The van der Waals surface area contributed by atoms with Crippen LogP contribution in [0.3, 0.4) is 0 Å². The van der Waals surface area contributed by atoms with Crippen molar-refractivity contribution in [1.82, 2.24) is 20.6 Å². The molecule has 0 spiro atoms. The molecule has 0 radical (unpaired) electrons. The molecule has 0 unspecified atom stereocenters. The lowest BCUT2D eigenvalue weighted by Crippen LogP contribution is -2.36. The van der Waals surface area contributed by atoms with Crippen LogP contribution in [-0.2, 0) is 5.41 Å². The molecule has 0 saturated heterocycles. The minimum Gasteiger partial charge on any atom is -0.350 e. The van der Waals surface area contributed by atoms with Gasteiger partial charge in [0.05, 0.1) is 10.9 Å². The number of H-pyrrole nitrogens is 1. The third-order valence-corrected chi connectivity index (χ3v) is 4.54. The Morgan fingerprint density at radius 2 is 1.55 bits per heavy atom. The molecule has 7 nitrogen and oxygen atoms in total. The van der Waals surface area contributed by atoms with Crippen LogP contribution in [0.2, 0.25) is 0 Å². The van der Waals surface area contributed by atoms with Gasteiger partial charge in [0.1, 0.15) is 0 Å². The second-order valence-corrected chi connectivity index (χ2v) is 7.77. The highest BCUT2D eigenvalue weighted by Crippen LogP contribution is 2.22. The van der Waals surface area contributed by atoms with Gasteiger partial charge in [0.25, 0.3) is 17.4 Å². The number of amides is 2. The van der Waals surface area contributed by atoms with E-state index < -0.39 is 5.91 Å². The van der Waals surface area contributed by atoms with Gasteiger partial charge in [0.15, 0.2) is 5.82 Å². The monoisotopic (exact) mass is 392 g/mol. The predicted octanol–water partition coefficient (Wildman–Crippen LogP) is 2.38. The molecule has 0 saturated carbocycles. The quantitative estimate of drug-likeness (QED) is 0.580. The molecule has 3 N–H and O–H groups in total. The van der Waals surface area contributed by atoms with Crippen molar-refractivity contribution < 1.29 is 9.59 Å². The summed E-state index contributed by atoms with van der Waals surface area (Å²) in [5, 5.41) is 5.82. The zero-order valence-corrected chi connectivity index (χ0v) is 16.7. The lowest BCUT2D eigenvalue weighted by atomic mass is 9.87. The second kappa shape index (κ2) is 8.26. The fourth-order valence-electron chi connectivity index (χ4n) is 2.85. The Bertz CT molecular complexity index is 1100. The van der Waals surface area contributed by atoms with Gasteiger partial charge in [-0.15, -0.1) is 0 Å². The lowest BCUT2D eigenvalue weighted by molar-refractivity contribution is 0.0922. The van der Waals surface area contributed by atoms with Crippen LogP contribution in [-0.4, -0.2) is 34.9 Å². The number of para-hydroxylation sites is 1. The highest BCUT2D eigenvalue weighted by molar-refractivity contribution is 5.94. The van der Waals surface area contributed by atoms with Gasteiger partial charge in [-0.1, -0.05) is 45.0 Å². The van der Waals surface area contributed by atoms with Crippen molar-refractivity contribution in [3.05, 3.63) is 75.8 Å². The molecular weight excluding hydrogens is 368 g/mol. The molecule has 1 aromatic heterocycles. The van der Waals surface area contributed by atoms with Crippen LogP contribution in [0.1, 0.15) is 47.3 Å². The highest BCUT2D eigenvalue weighted by atomic mass is 16.2. The first-order chi connectivity index (χ1) is 13.8. The molecule has 2 amide bonds. The van der Waals surface area contributed by atoms with Gasteiger partial charge >= 0.3 is 0 Å². The summed E-state index contributed by atoms with van der Waals surface area (Å²) in [5.74, 6) is -0.772. The SMILES string of the molecule is CC(C)(C)c1ccc(C(=O)NCCNC(=O)c2nc3ccccc3c(=O)[nH]2)cc1. The third-order valence-electron chi connectivity index (χ3n) is 4.54. The van der Waals surface area contributed by atoms with Gasteiger partial charge in [-0.3, -0.25) is 14.4 Å². The molecule has 2 aromatic carbocycles. The molecule has 29 heavy (non-hydrogen) atoms. The molecular formula is C22H24N4O3. The van der Waals surface area contributed by atoms with Crippen molar-refractivity contribution in [3.8, 4) is 0 Å². The summed E-state index contributed by atoms with van der Waals surface area (Å²) in [6.07, 6.45) is 0. The number of aromatic nitrogens is 2. The van der Waals surface area contributed by atoms with Crippen molar-refractivity contribution in [3.63, 3.8) is 0 Å². The van der Waals surface area contributed by atoms with Gasteiger partial charge in [0, 0.05) is 18.7 Å². The number of aromatic amines is 1. The zero-order valence-electron chi connectivity index (χ0n) is 16.7. The molecule has 3 rings (SSSR count). The molecule has 0 aliphatic rings. The van der Waals surface area contributed by atoms with Gasteiger partial charge in [-0.25, -0.2) is 4.98 Å². The highest BCUT2D eigenvalue weighted by Gasteiger charge is 2.14. The Morgan fingerprint density at radius 3 is 2.21 bits per heavy atom. The zero-order chi connectivity index (χ0) is 21.0. The molecule has 150 valence electrons. The summed E-state index contributed by atoms with van der Waals surface area (Å²) < 4.78 is 0. The number of hydrogen-bond acceptors (Lipinski definition) is 4. The van der Waals surface area contributed by atoms with Gasteiger partial charge < -0.3 is 15.6 Å². The Morgan fingerprint density at radius 1 is 0.931 bits per heavy atom. The second-order valence-electron chi connectivity index (χ2n) is 7.77. The minimum absolute atomic E-state index is 0.0249. The van der Waals surface area contributed by atoms with Crippen molar-refractivity contribution in [2.24, 2.45) is 0 Å². The van der Waals surface area contributed by atoms with E-state index in [1.807, 2.05) is 12.1 Å². The molecule has 0 aliphatic heterocycles. The van der Waals surface area contributed by atoms with E-state index in [1.54, 1.807) is 36.4 Å². The van der Waals surface area contributed by atoms with Crippen LogP contribution >= 0.6 is 0 Å². The fraction of sp³-hybridized carbons (Fsp3) is 0.273. The summed E-state index contributed by atoms with van der Waals surface area (Å²) in [4.78, 5) is 43.1. The Kier molecular flexibility index (Phi) is 5.77. The van der Waals surface area contributed by atoms with Crippen molar-refractivity contribution >= 4 is 22.7 Å². The van der Waals surface area contributed by atoms with E-state index in [1.165, 1.54) is 0 Å². The van der Waals surface area contributed by atoms with E-state index in [2.05, 4.69) is 41.4 Å². The summed E-state index contributed by atoms with van der Waals surface area (Å²) in [5.41, 5.74) is 1.82. The molecule has 0 fully saturated rings. The largest absolute Gasteiger partial charge is 0.350 e. The smallest absolute Gasteiger partial charge is 0.287 e. The van der Waals surface area contributed by atoms with E-state index in [0.717, 1.165) is 5.56 Å². The average molecular weight is 392 g/mol. The predicted molar refractivity (Wildman–Crippen MR) is 112 cm³/mol. The Labute approximate surface area is 168 Å². The molecule has 3 aromatic rings. The van der Waals surface area contributed by atoms with Crippen LogP contribution in [0, 0.1) is 0 Å². The van der Waals surface area contributed by atoms with Crippen LogP contribution in [0.15, 0.2) is 53.3 Å². The summed E-state index contributed by atoms with van der Waals surface area (Å²) in [6, 6.07) is 14.3. The number of fused-ring (bicyclic) bond motifs is 1. The van der Waals surface area contributed by atoms with E-state index in [4.69, 9.17) is 0 Å². The Balaban J connectivity index is 1.53. The molecule has 0 atom stereocenters.